The molecule has 118 valence electrons. The van der Waals surface area contributed by atoms with Crippen molar-refractivity contribution in [3.05, 3.63) is 29.8 Å². The maximum Gasteiger partial charge on any atom is 0.416 e. The number of rotatable bonds is 3. The van der Waals surface area contributed by atoms with E-state index in [0.29, 0.717) is 12.8 Å². The molecular formula is C13H16F3NO3S. The van der Waals surface area contributed by atoms with Crippen molar-refractivity contribution in [3.63, 3.8) is 0 Å². The van der Waals surface area contributed by atoms with Crippen molar-refractivity contribution < 1.29 is 26.7 Å². The van der Waals surface area contributed by atoms with E-state index < -0.39 is 27.8 Å². The predicted molar refractivity (Wildman–Crippen MR) is 70.1 cm³/mol. The Morgan fingerprint density at radius 2 is 1.81 bits per heavy atom. The molecule has 1 aromatic rings. The van der Waals surface area contributed by atoms with Crippen LogP contribution >= 0.6 is 0 Å². The summed E-state index contributed by atoms with van der Waals surface area (Å²) in [5.41, 5.74) is -0.890. The van der Waals surface area contributed by atoms with Gasteiger partial charge < -0.3 is 5.11 Å². The maximum absolute atomic E-state index is 12.5. The molecule has 0 radical (unpaired) electrons. The fraction of sp³-hybridized carbons (Fsp3) is 0.538. The molecule has 21 heavy (non-hydrogen) atoms. The molecule has 1 saturated heterocycles. The first-order valence-corrected chi connectivity index (χ1v) is 8.01. The van der Waals surface area contributed by atoms with Crippen LogP contribution in [0.4, 0.5) is 13.2 Å². The van der Waals surface area contributed by atoms with Crippen LogP contribution in [0.5, 0.6) is 0 Å². The predicted octanol–water partition coefficient (Wildman–Crippen LogP) is 2.24. The Morgan fingerprint density at radius 1 is 1.19 bits per heavy atom. The van der Waals surface area contributed by atoms with E-state index >= 15 is 0 Å². The van der Waals surface area contributed by atoms with Crippen LogP contribution in [0.3, 0.4) is 0 Å². The van der Waals surface area contributed by atoms with Gasteiger partial charge in [-0.3, -0.25) is 0 Å². The first-order valence-electron chi connectivity index (χ1n) is 6.57. The van der Waals surface area contributed by atoms with E-state index in [1.807, 2.05) is 0 Å². The molecule has 1 aliphatic heterocycles. The summed E-state index contributed by atoms with van der Waals surface area (Å²) < 4.78 is 63.6. The second kappa shape index (κ2) is 5.94. The highest BCUT2D eigenvalue weighted by molar-refractivity contribution is 7.89. The van der Waals surface area contributed by atoms with E-state index in [9.17, 15) is 26.7 Å². The zero-order valence-electron chi connectivity index (χ0n) is 11.2. The zero-order chi connectivity index (χ0) is 15.7. The number of benzene rings is 1. The number of piperidine rings is 1. The molecule has 1 atom stereocenters. The Bertz CT molecular complexity index is 584. The van der Waals surface area contributed by atoms with Crippen molar-refractivity contribution in [1.29, 1.82) is 0 Å². The molecule has 1 heterocycles. The van der Waals surface area contributed by atoms with E-state index in [1.54, 1.807) is 0 Å². The highest BCUT2D eigenvalue weighted by Gasteiger charge is 2.34. The minimum atomic E-state index is -4.50. The Morgan fingerprint density at radius 3 is 2.33 bits per heavy atom. The Kier molecular flexibility index (Phi) is 4.60. The minimum Gasteiger partial charge on any atom is -0.395 e. The highest BCUT2D eigenvalue weighted by atomic mass is 32.2. The van der Waals surface area contributed by atoms with E-state index in [4.69, 9.17) is 0 Å². The number of nitrogens with zero attached hydrogens (tertiary/aromatic N) is 1. The fourth-order valence-electron chi connectivity index (χ4n) is 2.42. The molecule has 0 bridgehead atoms. The lowest BCUT2D eigenvalue weighted by atomic mass is 10.1. The van der Waals surface area contributed by atoms with Crippen molar-refractivity contribution in [2.45, 2.75) is 36.4 Å². The highest BCUT2D eigenvalue weighted by Crippen LogP contribution is 2.31. The van der Waals surface area contributed by atoms with Crippen molar-refractivity contribution in [2.75, 3.05) is 13.2 Å². The van der Waals surface area contributed by atoms with Crippen LogP contribution in [0, 0.1) is 0 Å². The van der Waals surface area contributed by atoms with Gasteiger partial charge in [0.15, 0.2) is 0 Å². The molecule has 1 fully saturated rings. The van der Waals surface area contributed by atoms with Gasteiger partial charge in [-0.1, -0.05) is 6.42 Å². The van der Waals surface area contributed by atoms with Crippen LogP contribution < -0.4 is 0 Å². The van der Waals surface area contributed by atoms with E-state index in [1.165, 1.54) is 4.31 Å². The maximum atomic E-state index is 12.5. The number of hydrogen-bond acceptors (Lipinski definition) is 3. The summed E-state index contributed by atoms with van der Waals surface area (Å²) in [7, 11) is -3.88. The number of sulfonamides is 1. The molecule has 0 spiro atoms. The Hall–Kier alpha value is -1.12. The lowest BCUT2D eigenvalue weighted by Crippen LogP contribution is -2.45. The van der Waals surface area contributed by atoms with Crippen molar-refractivity contribution in [3.8, 4) is 0 Å². The molecular weight excluding hydrogens is 307 g/mol. The lowest BCUT2D eigenvalue weighted by Gasteiger charge is -2.33. The molecule has 1 unspecified atom stereocenters. The summed E-state index contributed by atoms with van der Waals surface area (Å²) in [5.74, 6) is 0. The van der Waals surface area contributed by atoms with E-state index in [0.717, 1.165) is 30.7 Å². The molecule has 1 aromatic carbocycles. The van der Waals surface area contributed by atoms with Gasteiger partial charge in [0.25, 0.3) is 0 Å². The smallest absolute Gasteiger partial charge is 0.395 e. The topological polar surface area (TPSA) is 57.6 Å². The summed E-state index contributed by atoms with van der Waals surface area (Å²) in [4.78, 5) is -0.184. The zero-order valence-corrected chi connectivity index (χ0v) is 12.0. The first-order chi connectivity index (χ1) is 9.76. The van der Waals surface area contributed by atoms with Gasteiger partial charge in [0.05, 0.1) is 17.1 Å². The minimum absolute atomic E-state index is 0.184. The van der Waals surface area contributed by atoms with Gasteiger partial charge in [0, 0.05) is 12.6 Å². The molecule has 0 aromatic heterocycles. The third kappa shape index (κ3) is 3.38. The summed E-state index contributed by atoms with van der Waals surface area (Å²) in [6.45, 7) is -0.0194. The van der Waals surface area contributed by atoms with Gasteiger partial charge in [-0.2, -0.15) is 17.5 Å². The van der Waals surface area contributed by atoms with Gasteiger partial charge in [-0.05, 0) is 37.1 Å². The molecule has 2 rings (SSSR count). The van der Waals surface area contributed by atoms with Crippen LogP contribution in [0.1, 0.15) is 24.8 Å². The van der Waals surface area contributed by atoms with E-state index in [2.05, 4.69) is 0 Å². The average molecular weight is 323 g/mol. The summed E-state index contributed by atoms with van der Waals surface area (Å²) in [5, 5.41) is 9.27. The van der Waals surface area contributed by atoms with Gasteiger partial charge >= 0.3 is 6.18 Å². The number of aliphatic hydroxyl groups is 1. The van der Waals surface area contributed by atoms with Gasteiger partial charge in [0.1, 0.15) is 0 Å². The van der Waals surface area contributed by atoms with Crippen molar-refractivity contribution in [1.82, 2.24) is 4.31 Å². The monoisotopic (exact) mass is 323 g/mol. The van der Waals surface area contributed by atoms with Crippen LogP contribution in [0.2, 0.25) is 0 Å². The van der Waals surface area contributed by atoms with Crippen LogP contribution in [0.25, 0.3) is 0 Å². The van der Waals surface area contributed by atoms with Crippen molar-refractivity contribution >= 4 is 10.0 Å². The summed E-state index contributed by atoms with van der Waals surface area (Å²) in [6.07, 6.45) is -2.45. The first kappa shape index (κ1) is 16.3. The Balaban J connectivity index is 2.31. The van der Waals surface area contributed by atoms with Crippen molar-refractivity contribution in [2.24, 2.45) is 0 Å². The van der Waals surface area contributed by atoms with Gasteiger partial charge in [0.2, 0.25) is 10.0 Å². The molecule has 0 saturated carbocycles. The second-order valence-corrected chi connectivity index (χ2v) is 6.86. The number of alkyl halides is 3. The fourth-order valence-corrected chi connectivity index (χ4v) is 4.11. The third-order valence-corrected chi connectivity index (χ3v) is 5.54. The van der Waals surface area contributed by atoms with E-state index in [-0.39, 0.29) is 18.0 Å². The molecule has 1 aliphatic rings. The number of hydrogen-bond donors (Lipinski definition) is 1. The summed E-state index contributed by atoms with van der Waals surface area (Å²) >= 11 is 0. The summed E-state index contributed by atoms with van der Waals surface area (Å²) in [6, 6.07) is 2.92. The van der Waals surface area contributed by atoms with Gasteiger partial charge in [-0.15, -0.1) is 0 Å². The average Bonchev–Trinajstić information content (AvgIpc) is 2.46. The number of aliphatic hydroxyl groups excluding tert-OH is 1. The van der Waals surface area contributed by atoms with Crippen LogP contribution in [-0.4, -0.2) is 37.0 Å². The normalized spacial score (nSPS) is 21.4. The molecule has 0 amide bonds. The lowest BCUT2D eigenvalue weighted by molar-refractivity contribution is -0.137. The van der Waals surface area contributed by atoms with Crippen LogP contribution in [-0.2, 0) is 16.2 Å². The molecule has 0 aliphatic carbocycles. The molecule has 1 N–H and O–H groups in total. The quantitative estimate of drug-likeness (QED) is 0.928. The largest absolute Gasteiger partial charge is 0.416 e. The SMILES string of the molecule is O=S(=O)(c1ccc(C(F)(F)F)cc1)N1CCCCC1CO. The van der Waals surface area contributed by atoms with Gasteiger partial charge in [-0.25, -0.2) is 8.42 Å². The standard InChI is InChI=1S/C13H16F3NO3S/c14-13(15,16)10-4-6-12(7-5-10)21(19,20)17-8-2-1-3-11(17)9-18/h4-7,11,18H,1-3,8-9H2. The Labute approximate surface area is 121 Å². The third-order valence-electron chi connectivity index (χ3n) is 3.57. The van der Waals surface area contributed by atoms with Crippen LogP contribution in [0.15, 0.2) is 29.2 Å². The molecule has 8 heteroatoms. The second-order valence-electron chi connectivity index (χ2n) is 4.97. The number of halogens is 3. The molecule has 4 nitrogen and oxygen atoms in total.